The molecule has 1 aliphatic rings. The quantitative estimate of drug-likeness (QED) is 0.678. The summed E-state index contributed by atoms with van der Waals surface area (Å²) in [6.07, 6.45) is 0. The van der Waals surface area contributed by atoms with Crippen molar-refractivity contribution in [1.82, 2.24) is 0 Å². The summed E-state index contributed by atoms with van der Waals surface area (Å²) in [6, 6.07) is 24.9. The minimum atomic E-state index is -1.17. The SMILES string of the molecule is OC1(c2ccccc2)CN(c2cccc(Cl)c2)CN1c1cccc(Cl)c1. The first-order valence-electron chi connectivity index (χ1n) is 8.38. The fourth-order valence-corrected chi connectivity index (χ4v) is 3.80. The van der Waals surface area contributed by atoms with Gasteiger partial charge in [0.2, 0.25) is 0 Å². The van der Waals surface area contributed by atoms with Crippen LogP contribution in [0.4, 0.5) is 11.4 Å². The summed E-state index contributed by atoms with van der Waals surface area (Å²) in [4.78, 5) is 4.08. The molecule has 3 aromatic carbocycles. The summed E-state index contributed by atoms with van der Waals surface area (Å²) < 4.78 is 0. The molecule has 1 heterocycles. The van der Waals surface area contributed by atoms with Crippen LogP contribution in [0.2, 0.25) is 10.0 Å². The normalized spacial score (nSPS) is 19.8. The fourth-order valence-electron chi connectivity index (χ4n) is 3.43. The number of benzene rings is 3. The zero-order valence-corrected chi connectivity index (χ0v) is 15.5. The Balaban J connectivity index is 1.78. The van der Waals surface area contributed by atoms with Gasteiger partial charge in [0.15, 0.2) is 5.72 Å². The lowest BCUT2D eigenvalue weighted by Gasteiger charge is -2.34. The van der Waals surface area contributed by atoms with E-state index in [1.807, 2.05) is 83.8 Å². The van der Waals surface area contributed by atoms with E-state index < -0.39 is 5.72 Å². The van der Waals surface area contributed by atoms with E-state index in [4.69, 9.17) is 23.2 Å². The van der Waals surface area contributed by atoms with Crippen LogP contribution in [0.1, 0.15) is 5.56 Å². The second kappa shape index (κ2) is 6.84. The molecule has 4 rings (SSSR count). The van der Waals surface area contributed by atoms with E-state index in [2.05, 4.69) is 4.90 Å². The molecule has 0 spiro atoms. The van der Waals surface area contributed by atoms with E-state index >= 15 is 0 Å². The Morgan fingerprint density at radius 2 is 1.38 bits per heavy atom. The average molecular weight is 385 g/mol. The monoisotopic (exact) mass is 384 g/mol. The van der Waals surface area contributed by atoms with Crippen molar-refractivity contribution in [3.63, 3.8) is 0 Å². The maximum Gasteiger partial charge on any atom is 0.183 e. The molecule has 0 radical (unpaired) electrons. The third kappa shape index (κ3) is 3.14. The number of rotatable bonds is 3. The molecule has 1 saturated heterocycles. The van der Waals surface area contributed by atoms with Gasteiger partial charge in [-0.3, -0.25) is 0 Å². The van der Waals surface area contributed by atoms with Crippen molar-refractivity contribution < 1.29 is 5.11 Å². The highest BCUT2D eigenvalue weighted by Gasteiger charge is 2.45. The highest BCUT2D eigenvalue weighted by Crippen LogP contribution is 2.39. The molecule has 0 saturated carbocycles. The van der Waals surface area contributed by atoms with E-state index in [-0.39, 0.29) is 0 Å². The van der Waals surface area contributed by atoms with Crippen molar-refractivity contribution in [3.8, 4) is 0 Å². The lowest BCUT2D eigenvalue weighted by atomic mass is 10.0. The molecule has 0 amide bonds. The first-order valence-corrected chi connectivity index (χ1v) is 9.13. The Kier molecular flexibility index (Phi) is 4.53. The van der Waals surface area contributed by atoms with Gasteiger partial charge >= 0.3 is 0 Å². The Bertz CT molecular complexity index is 919. The average Bonchev–Trinajstić information content (AvgIpc) is 3.02. The minimum Gasteiger partial charge on any atom is -0.365 e. The molecule has 1 atom stereocenters. The van der Waals surface area contributed by atoms with Gasteiger partial charge in [-0.15, -0.1) is 0 Å². The molecule has 3 aromatic rings. The van der Waals surface area contributed by atoms with Gasteiger partial charge in [-0.2, -0.15) is 0 Å². The summed E-state index contributed by atoms with van der Waals surface area (Å²) in [5, 5.41) is 13.0. The largest absolute Gasteiger partial charge is 0.365 e. The van der Waals surface area contributed by atoms with Gasteiger partial charge in [0.1, 0.15) is 0 Å². The van der Waals surface area contributed by atoms with Gasteiger partial charge in [-0.05, 0) is 36.4 Å². The molecule has 3 nitrogen and oxygen atoms in total. The Morgan fingerprint density at radius 3 is 2.04 bits per heavy atom. The zero-order chi connectivity index (χ0) is 18.1. The van der Waals surface area contributed by atoms with E-state index in [9.17, 15) is 5.11 Å². The van der Waals surface area contributed by atoms with Crippen LogP contribution in [0.15, 0.2) is 78.9 Å². The zero-order valence-electron chi connectivity index (χ0n) is 14.0. The first kappa shape index (κ1) is 17.2. The van der Waals surface area contributed by atoms with Crippen molar-refractivity contribution in [2.75, 3.05) is 23.0 Å². The van der Waals surface area contributed by atoms with Gasteiger partial charge in [-0.1, -0.05) is 65.7 Å². The molecule has 1 unspecified atom stereocenters. The van der Waals surface area contributed by atoms with Crippen LogP contribution < -0.4 is 9.80 Å². The number of nitrogens with zero attached hydrogens (tertiary/aromatic N) is 2. The fraction of sp³-hybridized carbons (Fsp3) is 0.143. The third-order valence-electron chi connectivity index (χ3n) is 4.70. The highest BCUT2D eigenvalue weighted by atomic mass is 35.5. The third-order valence-corrected chi connectivity index (χ3v) is 5.17. The van der Waals surface area contributed by atoms with Gasteiger partial charge in [0, 0.05) is 27.0 Å². The van der Waals surface area contributed by atoms with Crippen LogP contribution in [0.25, 0.3) is 0 Å². The molecule has 5 heteroatoms. The topological polar surface area (TPSA) is 26.7 Å². The summed E-state index contributed by atoms with van der Waals surface area (Å²) in [5.41, 5.74) is 1.50. The van der Waals surface area contributed by atoms with E-state index in [0.29, 0.717) is 23.3 Å². The van der Waals surface area contributed by atoms with Gasteiger partial charge < -0.3 is 14.9 Å². The van der Waals surface area contributed by atoms with E-state index in [1.54, 1.807) is 0 Å². The Labute approximate surface area is 163 Å². The summed E-state index contributed by atoms with van der Waals surface area (Å²) in [7, 11) is 0. The molecule has 1 N–H and O–H groups in total. The first-order chi connectivity index (χ1) is 12.6. The maximum atomic E-state index is 11.7. The van der Waals surface area contributed by atoms with Crippen molar-refractivity contribution in [2.45, 2.75) is 5.72 Å². The van der Waals surface area contributed by atoms with Gasteiger partial charge in [0.05, 0.1) is 13.2 Å². The van der Waals surface area contributed by atoms with Crippen molar-refractivity contribution >= 4 is 34.6 Å². The Hall–Kier alpha value is -2.20. The van der Waals surface area contributed by atoms with Crippen LogP contribution in [0.3, 0.4) is 0 Å². The summed E-state index contributed by atoms with van der Waals surface area (Å²) in [5.74, 6) is 0. The second-order valence-corrected chi connectivity index (χ2v) is 7.28. The van der Waals surface area contributed by atoms with Crippen LogP contribution in [0.5, 0.6) is 0 Å². The van der Waals surface area contributed by atoms with E-state index in [1.165, 1.54) is 0 Å². The predicted molar refractivity (Wildman–Crippen MR) is 108 cm³/mol. The van der Waals surface area contributed by atoms with Gasteiger partial charge in [0.25, 0.3) is 0 Å². The lowest BCUT2D eigenvalue weighted by molar-refractivity contribution is 0.0629. The Morgan fingerprint density at radius 1 is 0.769 bits per heavy atom. The lowest BCUT2D eigenvalue weighted by Crippen LogP contribution is -2.43. The molecule has 0 aliphatic carbocycles. The van der Waals surface area contributed by atoms with Crippen molar-refractivity contribution in [3.05, 3.63) is 94.5 Å². The number of halogens is 2. The number of hydrogen-bond donors (Lipinski definition) is 1. The number of aliphatic hydroxyl groups is 1. The summed E-state index contributed by atoms with van der Waals surface area (Å²) >= 11 is 12.4. The molecular formula is C21H18Cl2N2O. The number of β-amino-alcohol motifs (C(OH)–C–C–N with tert-alkyl or cyclic N) is 1. The van der Waals surface area contributed by atoms with Crippen LogP contribution in [0, 0.1) is 0 Å². The maximum absolute atomic E-state index is 11.7. The standard InChI is InChI=1S/C21H18Cl2N2O/c22-17-8-4-10-19(12-17)24-14-21(26,16-6-2-1-3-7-16)25(15-24)20-11-5-9-18(23)13-20/h1-13,26H,14-15H2. The molecule has 132 valence electrons. The van der Waals surface area contributed by atoms with Gasteiger partial charge in [-0.25, -0.2) is 0 Å². The molecule has 26 heavy (non-hydrogen) atoms. The minimum absolute atomic E-state index is 0.421. The number of hydrogen-bond acceptors (Lipinski definition) is 3. The van der Waals surface area contributed by atoms with E-state index in [0.717, 1.165) is 16.9 Å². The van der Waals surface area contributed by atoms with Crippen LogP contribution in [-0.2, 0) is 5.72 Å². The molecule has 0 aromatic heterocycles. The van der Waals surface area contributed by atoms with Crippen molar-refractivity contribution in [1.29, 1.82) is 0 Å². The van der Waals surface area contributed by atoms with Crippen LogP contribution in [-0.4, -0.2) is 18.3 Å². The summed E-state index contributed by atoms with van der Waals surface area (Å²) in [6.45, 7) is 0.940. The molecule has 1 aliphatic heterocycles. The molecule has 0 bridgehead atoms. The predicted octanol–water partition coefficient (Wildman–Crippen LogP) is 5.12. The molecular weight excluding hydrogens is 367 g/mol. The van der Waals surface area contributed by atoms with Crippen LogP contribution >= 0.6 is 23.2 Å². The van der Waals surface area contributed by atoms with Crippen molar-refractivity contribution in [2.24, 2.45) is 0 Å². The molecule has 1 fully saturated rings. The smallest absolute Gasteiger partial charge is 0.183 e. The number of anilines is 2. The second-order valence-electron chi connectivity index (χ2n) is 6.41. The highest BCUT2D eigenvalue weighted by molar-refractivity contribution is 6.31.